The molecule has 266 valence electrons. The van der Waals surface area contributed by atoms with Gasteiger partial charge in [-0.15, -0.1) is 0 Å². The molecule has 0 aliphatic carbocycles. The summed E-state index contributed by atoms with van der Waals surface area (Å²) in [6.07, 6.45) is 0. The maximum absolute atomic E-state index is 12.9. The molecule has 0 saturated carbocycles. The van der Waals surface area contributed by atoms with E-state index in [9.17, 15) is 35.5 Å². The number of rotatable bonds is 10. The number of anilines is 2. The Morgan fingerprint density at radius 3 is 1.67 bits per heavy atom. The van der Waals surface area contributed by atoms with Crippen LogP contribution in [0.2, 0.25) is 0 Å². The molecule has 6 aromatic rings. The van der Waals surface area contributed by atoms with Gasteiger partial charge < -0.3 is 19.7 Å². The van der Waals surface area contributed by atoms with Gasteiger partial charge in [0.05, 0.1) is 32.5 Å². The molecule has 0 saturated heterocycles. The normalized spacial score (nSPS) is 11.5. The number of hydrogen-bond donors (Lipinski definition) is 2. The van der Waals surface area contributed by atoms with E-state index in [2.05, 4.69) is 31.1 Å². The fourth-order valence-electron chi connectivity index (χ4n) is 5.01. The molecule has 2 N–H and O–H groups in total. The SMILES string of the molecule is Cc1ccc(NC(=O)c2ccc(NC(=O)c3ccccc3)cc2)cc1N=Nc1ccc(N=Nc2ccc3cc(S(=O)(=O)[O-])cc(S(=O)(=O)[O-])c3c2)cc1.[Na+].[Na+]. The van der Waals surface area contributed by atoms with Crippen molar-refractivity contribution in [3.63, 3.8) is 0 Å². The van der Waals surface area contributed by atoms with E-state index in [1.54, 1.807) is 91.0 Å². The van der Waals surface area contributed by atoms with Crippen LogP contribution >= 0.6 is 0 Å². The number of amides is 2. The van der Waals surface area contributed by atoms with Gasteiger partial charge in [-0.3, -0.25) is 9.59 Å². The molecule has 6 rings (SSSR count). The zero-order chi connectivity index (χ0) is 37.8. The predicted octanol–water partition coefficient (Wildman–Crippen LogP) is 2.30. The molecular weight excluding hydrogens is 767 g/mol. The molecular formula is C37H26N6Na2O8S2. The van der Waals surface area contributed by atoms with E-state index in [4.69, 9.17) is 0 Å². The summed E-state index contributed by atoms with van der Waals surface area (Å²) in [5.41, 5.74) is 4.32. The first-order chi connectivity index (χ1) is 25.2. The van der Waals surface area contributed by atoms with Gasteiger partial charge in [0.25, 0.3) is 11.8 Å². The molecule has 0 bridgehead atoms. The predicted molar refractivity (Wildman–Crippen MR) is 195 cm³/mol. The number of carbonyl (C=O) groups excluding carboxylic acids is 2. The maximum Gasteiger partial charge on any atom is 1.00 e. The molecule has 6 aromatic carbocycles. The first-order valence-electron chi connectivity index (χ1n) is 15.5. The molecule has 0 radical (unpaired) electrons. The Morgan fingerprint density at radius 2 is 1.07 bits per heavy atom. The quantitative estimate of drug-likeness (QED) is 0.119. The van der Waals surface area contributed by atoms with Crippen molar-refractivity contribution in [2.24, 2.45) is 20.5 Å². The number of carbonyl (C=O) groups is 2. The standard InChI is InChI=1S/C37H28N6O8S2.2Na/c1-23-7-11-30(39-37(45)25-8-12-27(13-9-25)38-36(44)24-5-3-2-4-6-24)21-34(23)43-41-29-17-15-28(16-18-29)40-42-31-14-10-26-19-32(52(46,47)48)22-35(33(26)20-31)53(49,50)51;;/h2-22H,1H3,(H,38,44)(H,39,45)(H,46,47,48)(H,49,50,51);;/q;2*+1/p-2. The smallest absolute Gasteiger partial charge is 0.744 e. The van der Waals surface area contributed by atoms with Gasteiger partial charge in [-0.1, -0.05) is 30.3 Å². The molecule has 0 aliphatic heterocycles. The maximum atomic E-state index is 12.9. The zero-order valence-corrected chi connectivity index (χ0v) is 35.1. The van der Waals surface area contributed by atoms with Crippen molar-refractivity contribution in [3.05, 3.63) is 144 Å². The molecule has 2 amide bonds. The van der Waals surface area contributed by atoms with Crippen LogP contribution in [-0.4, -0.2) is 37.8 Å². The third-order valence-electron chi connectivity index (χ3n) is 7.74. The van der Waals surface area contributed by atoms with Gasteiger partial charge >= 0.3 is 59.1 Å². The fraction of sp³-hybridized carbons (Fsp3) is 0.0270. The van der Waals surface area contributed by atoms with Crippen LogP contribution in [0.25, 0.3) is 10.8 Å². The van der Waals surface area contributed by atoms with Gasteiger partial charge in [0.15, 0.2) is 0 Å². The number of benzene rings is 6. The Kier molecular flexibility index (Phi) is 14.5. The minimum atomic E-state index is -5.13. The Bertz CT molecular complexity index is 2660. The topological polar surface area (TPSA) is 222 Å². The minimum Gasteiger partial charge on any atom is -0.744 e. The van der Waals surface area contributed by atoms with Crippen molar-refractivity contribution in [3.8, 4) is 0 Å². The summed E-state index contributed by atoms with van der Waals surface area (Å²) >= 11 is 0. The summed E-state index contributed by atoms with van der Waals surface area (Å²) in [6, 6.07) is 32.5. The number of nitrogens with zero attached hydrogens (tertiary/aromatic N) is 4. The minimum absolute atomic E-state index is 0. The molecule has 0 atom stereocenters. The van der Waals surface area contributed by atoms with E-state index < -0.39 is 30.0 Å². The van der Waals surface area contributed by atoms with Crippen LogP contribution in [0.15, 0.2) is 158 Å². The molecule has 0 aromatic heterocycles. The molecule has 55 heavy (non-hydrogen) atoms. The third kappa shape index (κ3) is 11.3. The molecule has 14 nitrogen and oxygen atoms in total. The summed E-state index contributed by atoms with van der Waals surface area (Å²) in [6.45, 7) is 1.85. The van der Waals surface area contributed by atoms with E-state index in [0.717, 1.165) is 11.6 Å². The monoisotopic (exact) mass is 792 g/mol. The molecule has 0 spiro atoms. The molecule has 0 aliphatic rings. The van der Waals surface area contributed by atoms with Gasteiger partial charge in [0.1, 0.15) is 20.2 Å². The van der Waals surface area contributed by atoms with Crippen molar-refractivity contribution in [2.75, 3.05) is 10.6 Å². The van der Waals surface area contributed by atoms with Crippen LogP contribution in [0, 0.1) is 6.92 Å². The molecule has 18 heteroatoms. The number of nitrogens with one attached hydrogen (secondary N) is 2. The van der Waals surface area contributed by atoms with E-state index >= 15 is 0 Å². The van der Waals surface area contributed by atoms with Crippen molar-refractivity contribution in [2.45, 2.75) is 16.7 Å². The Hall–Kier alpha value is -4.46. The van der Waals surface area contributed by atoms with E-state index in [1.165, 1.54) is 18.2 Å². The second-order valence-corrected chi connectivity index (χ2v) is 14.2. The van der Waals surface area contributed by atoms with Gasteiger partial charge in [-0.05, 0) is 115 Å². The Labute approximate surface area is 360 Å². The largest absolute Gasteiger partial charge is 1.00 e. The fourth-order valence-corrected chi connectivity index (χ4v) is 6.33. The van der Waals surface area contributed by atoms with Crippen molar-refractivity contribution < 1.29 is 94.6 Å². The molecule has 0 unspecified atom stereocenters. The number of azo groups is 2. The van der Waals surface area contributed by atoms with Crippen molar-refractivity contribution in [1.29, 1.82) is 0 Å². The molecule has 0 heterocycles. The van der Waals surface area contributed by atoms with Crippen LogP contribution in [0.1, 0.15) is 26.3 Å². The van der Waals surface area contributed by atoms with Crippen LogP contribution < -0.4 is 69.7 Å². The number of hydrogen-bond acceptors (Lipinski definition) is 12. The Morgan fingerprint density at radius 1 is 0.545 bits per heavy atom. The summed E-state index contributed by atoms with van der Waals surface area (Å²) in [7, 11) is -10.2. The van der Waals surface area contributed by atoms with E-state index in [-0.39, 0.29) is 87.4 Å². The van der Waals surface area contributed by atoms with Crippen LogP contribution in [0.4, 0.5) is 34.1 Å². The zero-order valence-electron chi connectivity index (χ0n) is 29.5. The van der Waals surface area contributed by atoms with Crippen LogP contribution in [0.3, 0.4) is 0 Å². The average Bonchev–Trinajstić information content (AvgIpc) is 3.14. The molecule has 0 fully saturated rings. The summed E-state index contributed by atoms with van der Waals surface area (Å²) in [4.78, 5) is 23.6. The summed E-state index contributed by atoms with van der Waals surface area (Å²) in [5, 5.41) is 22.4. The van der Waals surface area contributed by atoms with E-state index in [0.29, 0.717) is 45.6 Å². The Balaban J connectivity index is 0.00000336. The number of aryl methyl sites for hydroxylation is 1. The van der Waals surface area contributed by atoms with Gasteiger partial charge in [-0.25, -0.2) is 16.8 Å². The second-order valence-electron chi connectivity index (χ2n) is 11.5. The second kappa shape index (κ2) is 18.4. The third-order valence-corrected chi connectivity index (χ3v) is 9.43. The number of fused-ring (bicyclic) bond motifs is 1. The van der Waals surface area contributed by atoms with Crippen LogP contribution in [0.5, 0.6) is 0 Å². The van der Waals surface area contributed by atoms with Crippen LogP contribution in [-0.2, 0) is 20.2 Å². The first kappa shape index (κ1) is 43.3. The summed E-state index contributed by atoms with van der Waals surface area (Å²) < 4.78 is 69.9. The van der Waals surface area contributed by atoms with Gasteiger partial charge in [-0.2, -0.15) is 20.5 Å². The summed E-state index contributed by atoms with van der Waals surface area (Å²) in [5.74, 6) is -0.615. The first-order valence-corrected chi connectivity index (χ1v) is 18.4. The van der Waals surface area contributed by atoms with E-state index in [1.807, 2.05) is 13.0 Å². The van der Waals surface area contributed by atoms with Crippen molar-refractivity contribution >= 4 is 76.9 Å². The van der Waals surface area contributed by atoms with Crippen molar-refractivity contribution in [1.82, 2.24) is 0 Å². The van der Waals surface area contributed by atoms with Gasteiger partial charge in [0.2, 0.25) is 0 Å². The van der Waals surface area contributed by atoms with Gasteiger partial charge in [0, 0.05) is 27.9 Å². The average molecular weight is 793 g/mol.